The number of carbonyl (C=O) groups is 3. The van der Waals surface area contributed by atoms with Crippen molar-refractivity contribution in [2.45, 2.75) is 59.8 Å². The zero-order valence-electron chi connectivity index (χ0n) is 14.6. The highest BCUT2D eigenvalue weighted by Crippen LogP contribution is 2.43. The summed E-state index contributed by atoms with van der Waals surface area (Å²) in [7, 11) is 0. The number of ketones is 3. The lowest BCUT2D eigenvalue weighted by molar-refractivity contribution is -0.142. The summed E-state index contributed by atoms with van der Waals surface area (Å²) in [4.78, 5) is 37.5. The van der Waals surface area contributed by atoms with Crippen molar-refractivity contribution in [2.24, 2.45) is 22.7 Å². The first-order chi connectivity index (χ1) is 10.6. The summed E-state index contributed by atoms with van der Waals surface area (Å²) < 4.78 is 0. The lowest BCUT2D eigenvalue weighted by atomic mass is 9.65. The second-order valence-electron chi connectivity index (χ2n) is 9.17. The summed E-state index contributed by atoms with van der Waals surface area (Å²) in [5.41, 5.74) is 1.66. The highest BCUT2D eigenvalue weighted by molar-refractivity contribution is 6.06. The summed E-state index contributed by atoms with van der Waals surface area (Å²) in [6, 6.07) is 0. The van der Waals surface area contributed by atoms with E-state index >= 15 is 0 Å². The Morgan fingerprint density at radius 1 is 0.870 bits per heavy atom. The average Bonchev–Trinajstić information content (AvgIpc) is 2.35. The van der Waals surface area contributed by atoms with Gasteiger partial charge in [-0.2, -0.15) is 0 Å². The number of nitrogens with one attached hydrogen (secondary N) is 1. The van der Waals surface area contributed by atoms with Gasteiger partial charge >= 0.3 is 0 Å². The number of carbonyl (C=O) groups excluding carboxylic acids is 3. The summed E-state index contributed by atoms with van der Waals surface area (Å²) >= 11 is 0. The highest BCUT2D eigenvalue weighted by atomic mass is 16.2. The van der Waals surface area contributed by atoms with E-state index in [4.69, 9.17) is 0 Å². The fourth-order valence-corrected chi connectivity index (χ4v) is 4.52. The van der Waals surface area contributed by atoms with Gasteiger partial charge in [-0.05, 0) is 29.6 Å². The molecular formula is C19H27NO3. The number of allylic oxidation sites excluding steroid dienone is 2. The molecule has 1 atom stereocenters. The molecule has 0 aromatic rings. The molecule has 1 saturated carbocycles. The van der Waals surface area contributed by atoms with Crippen molar-refractivity contribution in [3.05, 3.63) is 11.3 Å². The molecule has 3 aliphatic rings. The Labute approximate surface area is 138 Å². The van der Waals surface area contributed by atoms with Crippen LogP contribution in [0.15, 0.2) is 11.3 Å². The van der Waals surface area contributed by atoms with Gasteiger partial charge in [0.2, 0.25) is 0 Å². The van der Waals surface area contributed by atoms with Crippen molar-refractivity contribution in [3.63, 3.8) is 0 Å². The normalized spacial score (nSPS) is 31.0. The first-order valence-electron chi connectivity index (χ1n) is 8.63. The van der Waals surface area contributed by atoms with Crippen LogP contribution in [0.25, 0.3) is 0 Å². The van der Waals surface area contributed by atoms with Crippen molar-refractivity contribution < 1.29 is 14.4 Å². The average molecular weight is 317 g/mol. The summed E-state index contributed by atoms with van der Waals surface area (Å²) in [5, 5.41) is 3.37. The van der Waals surface area contributed by atoms with Gasteiger partial charge in [0.15, 0.2) is 5.78 Å². The summed E-state index contributed by atoms with van der Waals surface area (Å²) in [6.07, 6.45) is 2.94. The van der Waals surface area contributed by atoms with E-state index in [-0.39, 0.29) is 34.1 Å². The van der Waals surface area contributed by atoms with Gasteiger partial charge in [-0.25, -0.2) is 0 Å². The van der Waals surface area contributed by atoms with Crippen LogP contribution in [0, 0.1) is 22.7 Å². The van der Waals surface area contributed by atoms with Crippen LogP contribution in [0.5, 0.6) is 0 Å². The van der Waals surface area contributed by atoms with Crippen LogP contribution in [0.3, 0.4) is 0 Å². The number of hydrogen-bond acceptors (Lipinski definition) is 4. The maximum Gasteiger partial charge on any atom is 0.161 e. The topological polar surface area (TPSA) is 63.2 Å². The van der Waals surface area contributed by atoms with Crippen LogP contribution < -0.4 is 5.32 Å². The van der Waals surface area contributed by atoms with E-state index in [0.717, 1.165) is 17.7 Å². The van der Waals surface area contributed by atoms with E-state index in [1.807, 2.05) is 13.8 Å². The van der Waals surface area contributed by atoms with E-state index in [0.29, 0.717) is 32.2 Å². The lowest BCUT2D eigenvalue weighted by Crippen LogP contribution is -2.47. The lowest BCUT2D eigenvalue weighted by Gasteiger charge is -2.41. The first kappa shape index (κ1) is 16.4. The van der Waals surface area contributed by atoms with Crippen molar-refractivity contribution in [3.8, 4) is 0 Å². The van der Waals surface area contributed by atoms with E-state index < -0.39 is 5.92 Å². The standard InChI is InChI=1S/C19H27NO3/c1-18(2)6-13-12(14(21)7-18)5-11(10-20-13)17-15(22)8-19(3,4)9-16(17)23/h11,17,20H,5-10H2,1-4H3/t11-/m1/s1. The van der Waals surface area contributed by atoms with Gasteiger partial charge in [-0.15, -0.1) is 0 Å². The van der Waals surface area contributed by atoms with Crippen LogP contribution in [-0.2, 0) is 14.4 Å². The Morgan fingerprint density at radius 2 is 1.43 bits per heavy atom. The van der Waals surface area contributed by atoms with Crippen LogP contribution in [0.4, 0.5) is 0 Å². The second kappa shape index (κ2) is 5.29. The molecule has 0 saturated heterocycles. The molecule has 0 aromatic carbocycles. The van der Waals surface area contributed by atoms with Gasteiger partial charge in [0.05, 0.1) is 5.92 Å². The third-order valence-electron chi connectivity index (χ3n) is 5.51. The molecule has 0 radical (unpaired) electrons. The molecule has 1 N–H and O–H groups in total. The third-order valence-corrected chi connectivity index (χ3v) is 5.51. The molecule has 0 amide bonds. The van der Waals surface area contributed by atoms with E-state index in [2.05, 4.69) is 19.2 Å². The minimum Gasteiger partial charge on any atom is -0.388 e. The smallest absolute Gasteiger partial charge is 0.161 e. The Morgan fingerprint density at radius 3 is 2.04 bits per heavy atom. The molecule has 4 nitrogen and oxygen atoms in total. The maximum atomic E-state index is 12.5. The molecule has 2 aliphatic carbocycles. The zero-order chi connectivity index (χ0) is 17.0. The quantitative estimate of drug-likeness (QED) is 0.755. The fraction of sp³-hybridized carbons (Fsp3) is 0.737. The maximum absolute atomic E-state index is 12.5. The van der Waals surface area contributed by atoms with Gasteiger partial charge < -0.3 is 5.32 Å². The molecule has 0 bridgehead atoms. The molecule has 1 fully saturated rings. The van der Waals surface area contributed by atoms with Crippen molar-refractivity contribution in [1.29, 1.82) is 0 Å². The molecule has 1 aliphatic heterocycles. The first-order valence-corrected chi connectivity index (χ1v) is 8.63. The number of hydrogen-bond donors (Lipinski definition) is 1. The Balaban J connectivity index is 1.80. The second-order valence-corrected chi connectivity index (χ2v) is 9.17. The molecule has 0 spiro atoms. The van der Waals surface area contributed by atoms with E-state index in [9.17, 15) is 14.4 Å². The van der Waals surface area contributed by atoms with E-state index in [1.165, 1.54) is 0 Å². The molecule has 126 valence electrons. The SMILES string of the molecule is CC1(C)CC(=O)C([C@H]2CNC3=C(C2)C(=O)CC(C)(C)C3)C(=O)C1. The molecule has 4 heteroatoms. The molecule has 23 heavy (non-hydrogen) atoms. The van der Waals surface area contributed by atoms with Crippen LogP contribution >= 0.6 is 0 Å². The van der Waals surface area contributed by atoms with Crippen LogP contribution in [0.1, 0.15) is 59.8 Å². The zero-order valence-corrected chi connectivity index (χ0v) is 14.6. The minimum atomic E-state index is -0.521. The van der Waals surface area contributed by atoms with Gasteiger partial charge in [0.25, 0.3) is 0 Å². The Hall–Kier alpha value is -1.45. The van der Waals surface area contributed by atoms with Gasteiger partial charge in [-0.1, -0.05) is 27.7 Å². The van der Waals surface area contributed by atoms with Crippen molar-refractivity contribution >= 4 is 17.3 Å². The van der Waals surface area contributed by atoms with Crippen molar-refractivity contribution in [1.82, 2.24) is 5.32 Å². The predicted octanol–water partition coefficient (Wildman–Crippen LogP) is 2.81. The fourth-order valence-electron chi connectivity index (χ4n) is 4.52. The van der Waals surface area contributed by atoms with Crippen molar-refractivity contribution in [2.75, 3.05) is 6.54 Å². The summed E-state index contributed by atoms with van der Waals surface area (Å²) in [6.45, 7) is 8.80. The Kier molecular flexibility index (Phi) is 3.77. The van der Waals surface area contributed by atoms with Gasteiger partial charge in [0, 0.05) is 37.1 Å². The minimum absolute atomic E-state index is 0.00372. The Bertz CT molecular complexity index is 592. The van der Waals surface area contributed by atoms with Gasteiger partial charge in [-0.3, -0.25) is 14.4 Å². The van der Waals surface area contributed by atoms with Crippen LogP contribution in [-0.4, -0.2) is 23.9 Å². The molecular weight excluding hydrogens is 290 g/mol. The largest absolute Gasteiger partial charge is 0.388 e. The van der Waals surface area contributed by atoms with E-state index in [1.54, 1.807) is 0 Å². The number of rotatable bonds is 1. The van der Waals surface area contributed by atoms with Gasteiger partial charge in [0.1, 0.15) is 11.6 Å². The molecule has 0 unspecified atom stereocenters. The third kappa shape index (κ3) is 3.13. The summed E-state index contributed by atoms with van der Waals surface area (Å²) in [5.74, 6) is -0.275. The molecule has 3 rings (SSSR count). The molecule has 0 aromatic heterocycles. The van der Waals surface area contributed by atoms with Crippen LogP contribution in [0.2, 0.25) is 0 Å². The predicted molar refractivity (Wildman–Crippen MR) is 87.7 cm³/mol. The number of Topliss-reactive ketones (excluding diaryl/α,β-unsaturated/α-hetero) is 3. The monoisotopic (exact) mass is 317 g/mol. The highest BCUT2D eigenvalue weighted by Gasteiger charge is 2.46. The molecule has 1 heterocycles.